The number of aryl methyl sites for hydroxylation is 2. The molecule has 0 aliphatic rings. The monoisotopic (exact) mass is 344 g/mol. The largest absolute Gasteiger partial charge is 0.423 e. The Hall–Kier alpha value is -3.23. The number of nitrogens with zero attached hydrogens (tertiary/aromatic N) is 4. The zero-order valence-electron chi connectivity index (χ0n) is 13.9. The molecule has 130 valence electrons. The Morgan fingerprint density at radius 1 is 1.32 bits per heavy atom. The lowest BCUT2D eigenvalue weighted by molar-refractivity contribution is 0.247. The first-order valence-corrected chi connectivity index (χ1v) is 7.61. The van der Waals surface area contributed by atoms with Crippen molar-refractivity contribution in [3.05, 3.63) is 53.8 Å². The fourth-order valence-corrected chi connectivity index (χ4v) is 2.23. The first-order valence-electron chi connectivity index (χ1n) is 7.61. The minimum atomic E-state index is -0.509. The number of nitrogens with one attached hydrogen (secondary N) is 2. The Labute approximate surface area is 143 Å². The molecule has 0 saturated heterocycles. The van der Waals surface area contributed by atoms with Crippen LogP contribution in [0.25, 0.3) is 5.69 Å². The number of urea groups is 1. The van der Waals surface area contributed by atoms with Gasteiger partial charge in [-0.25, -0.2) is 13.9 Å². The molecule has 2 aromatic heterocycles. The topological polar surface area (TPSA) is 97.9 Å². The summed E-state index contributed by atoms with van der Waals surface area (Å²) in [6, 6.07) is 3.38. The molecule has 0 fully saturated rings. The molecule has 9 heteroatoms. The van der Waals surface area contributed by atoms with Crippen molar-refractivity contribution in [1.29, 1.82) is 0 Å². The zero-order valence-corrected chi connectivity index (χ0v) is 13.9. The number of rotatable bonds is 4. The lowest BCUT2D eigenvalue weighted by Gasteiger charge is -2.12. The molecule has 1 aromatic carbocycles. The van der Waals surface area contributed by atoms with E-state index in [1.54, 1.807) is 38.4 Å². The number of amides is 2. The van der Waals surface area contributed by atoms with Crippen LogP contribution in [0.3, 0.4) is 0 Å². The molecule has 0 radical (unpaired) electrons. The van der Waals surface area contributed by atoms with Crippen molar-refractivity contribution in [3.63, 3.8) is 0 Å². The van der Waals surface area contributed by atoms with Crippen LogP contribution in [0.2, 0.25) is 0 Å². The highest BCUT2D eigenvalue weighted by Crippen LogP contribution is 2.18. The van der Waals surface area contributed by atoms with Crippen LogP contribution in [0, 0.1) is 19.7 Å². The molecule has 0 spiro atoms. The molecular formula is C16H17FN6O2. The third-order valence-corrected chi connectivity index (χ3v) is 3.42. The summed E-state index contributed by atoms with van der Waals surface area (Å²) >= 11 is 0. The summed E-state index contributed by atoms with van der Waals surface area (Å²) in [4.78, 5) is 12.0. The van der Waals surface area contributed by atoms with Gasteiger partial charge in [-0.3, -0.25) is 0 Å². The highest BCUT2D eigenvalue weighted by Gasteiger charge is 2.16. The van der Waals surface area contributed by atoms with Gasteiger partial charge in [0.15, 0.2) is 5.82 Å². The summed E-state index contributed by atoms with van der Waals surface area (Å²) < 4.78 is 20.9. The molecule has 0 aliphatic carbocycles. The summed E-state index contributed by atoms with van der Waals surface area (Å²) in [5.74, 6) is 0.209. The number of carbonyl (C=O) groups is 1. The number of benzene rings is 1. The van der Waals surface area contributed by atoms with Crippen molar-refractivity contribution >= 4 is 11.7 Å². The van der Waals surface area contributed by atoms with Crippen LogP contribution in [0.4, 0.5) is 14.9 Å². The van der Waals surface area contributed by atoms with Crippen molar-refractivity contribution in [2.75, 3.05) is 5.32 Å². The third-order valence-electron chi connectivity index (χ3n) is 3.42. The third kappa shape index (κ3) is 3.82. The lowest BCUT2D eigenvalue weighted by Crippen LogP contribution is -2.31. The summed E-state index contributed by atoms with van der Waals surface area (Å²) in [5, 5.41) is 16.8. The van der Waals surface area contributed by atoms with Crippen LogP contribution >= 0.6 is 0 Å². The predicted molar refractivity (Wildman–Crippen MR) is 87.9 cm³/mol. The van der Waals surface area contributed by atoms with Gasteiger partial charge in [0.25, 0.3) is 0 Å². The molecule has 8 nitrogen and oxygen atoms in total. The molecule has 1 atom stereocenters. The normalized spacial score (nSPS) is 12.0. The van der Waals surface area contributed by atoms with Crippen molar-refractivity contribution < 1.29 is 13.6 Å². The summed E-state index contributed by atoms with van der Waals surface area (Å²) in [7, 11) is 0. The standard InChI is InChI=1S/C16H17FN6O2/c1-9-7-18-23(8-9)14-5-4-12(6-13(14)17)20-16(24)19-10(2)15-22-21-11(3)25-15/h4-8,10H,1-3H3,(H2,19,20,24). The molecule has 2 heterocycles. The SMILES string of the molecule is Cc1cnn(-c2ccc(NC(=O)NC(C)c3nnc(C)o3)cc2F)c1. The summed E-state index contributed by atoms with van der Waals surface area (Å²) in [6.07, 6.45) is 3.35. The van der Waals surface area contributed by atoms with Crippen LogP contribution < -0.4 is 10.6 Å². The van der Waals surface area contributed by atoms with Crippen LogP contribution in [-0.2, 0) is 0 Å². The van der Waals surface area contributed by atoms with E-state index >= 15 is 0 Å². The van der Waals surface area contributed by atoms with Gasteiger partial charge < -0.3 is 15.1 Å². The van der Waals surface area contributed by atoms with Crippen molar-refractivity contribution in [3.8, 4) is 5.69 Å². The molecule has 25 heavy (non-hydrogen) atoms. The van der Waals surface area contributed by atoms with E-state index in [1.165, 1.54) is 10.7 Å². The first-order chi connectivity index (χ1) is 11.9. The molecular weight excluding hydrogens is 327 g/mol. The van der Waals surface area contributed by atoms with Crippen LogP contribution in [-0.4, -0.2) is 26.0 Å². The average Bonchev–Trinajstić information content (AvgIpc) is 3.16. The number of hydrogen-bond donors (Lipinski definition) is 2. The number of halogens is 1. The second-order valence-corrected chi connectivity index (χ2v) is 5.61. The van der Waals surface area contributed by atoms with Gasteiger partial charge >= 0.3 is 6.03 Å². The van der Waals surface area contributed by atoms with E-state index in [1.807, 2.05) is 6.92 Å². The van der Waals surface area contributed by atoms with E-state index in [2.05, 4.69) is 25.9 Å². The van der Waals surface area contributed by atoms with Gasteiger partial charge in [-0.15, -0.1) is 10.2 Å². The van der Waals surface area contributed by atoms with Gasteiger partial charge in [-0.1, -0.05) is 0 Å². The number of anilines is 1. The van der Waals surface area contributed by atoms with Crippen molar-refractivity contribution in [1.82, 2.24) is 25.3 Å². The Bertz CT molecular complexity index is 904. The second kappa shape index (κ2) is 6.71. The molecule has 2 N–H and O–H groups in total. The molecule has 3 rings (SSSR count). The van der Waals surface area contributed by atoms with Gasteiger partial charge in [0, 0.05) is 18.8 Å². The Kier molecular flexibility index (Phi) is 4.46. The molecule has 0 bridgehead atoms. The maximum absolute atomic E-state index is 14.3. The number of carbonyl (C=O) groups excluding carboxylic acids is 1. The lowest BCUT2D eigenvalue weighted by atomic mass is 10.2. The van der Waals surface area contributed by atoms with Crippen LogP contribution in [0.5, 0.6) is 0 Å². The van der Waals surface area contributed by atoms with Gasteiger partial charge in [-0.05, 0) is 37.6 Å². The van der Waals surface area contributed by atoms with E-state index in [4.69, 9.17) is 4.42 Å². The number of aromatic nitrogens is 4. The van der Waals surface area contributed by atoms with Crippen LogP contribution in [0.1, 0.15) is 30.3 Å². The highest BCUT2D eigenvalue weighted by molar-refractivity contribution is 5.89. The first kappa shape index (κ1) is 16.6. The Balaban J connectivity index is 1.66. The van der Waals surface area contributed by atoms with E-state index in [-0.39, 0.29) is 0 Å². The zero-order chi connectivity index (χ0) is 18.0. The maximum Gasteiger partial charge on any atom is 0.319 e. The second-order valence-electron chi connectivity index (χ2n) is 5.61. The van der Waals surface area contributed by atoms with Crippen molar-refractivity contribution in [2.24, 2.45) is 0 Å². The van der Waals surface area contributed by atoms with Crippen LogP contribution in [0.15, 0.2) is 35.0 Å². The molecule has 3 aromatic rings. The van der Waals surface area contributed by atoms with Gasteiger partial charge in [0.2, 0.25) is 11.8 Å². The van der Waals surface area contributed by atoms with E-state index < -0.39 is 17.9 Å². The maximum atomic E-state index is 14.3. The van der Waals surface area contributed by atoms with Gasteiger partial charge in [0.05, 0.1) is 6.20 Å². The smallest absolute Gasteiger partial charge is 0.319 e. The minimum Gasteiger partial charge on any atom is -0.423 e. The predicted octanol–water partition coefficient (Wildman–Crippen LogP) is 2.89. The molecule has 0 saturated carbocycles. The van der Waals surface area contributed by atoms with Gasteiger partial charge in [-0.2, -0.15) is 5.10 Å². The van der Waals surface area contributed by atoms with E-state index in [0.717, 1.165) is 5.56 Å². The summed E-state index contributed by atoms with van der Waals surface area (Å²) in [6.45, 7) is 5.23. The number of hydrogen-bond acceptors (Lipinski definition) is 5. The van der Waals surface area contributed by atoms with E-state index in [0.29, 0.717) is 23.2 Å². The quantitative estimate of drug-likeness (QED) is 0.758. The molecule has 1 unspecified atom stereocenters. The minimum absolute atomic E-state index is 0.295. The van der Waals surface area contributed by atoms with Gasteiger partial charge in [0.1, 0.15) is 11.7 Å². The fourth-order valence-electron chi connectivity index (χ4n) is 2.23. The fraction of sp³-hybridized carbons (Fsp3) is 0.250. The Morgan fingerprint density at radius 2 is 2.12 bits per heavy atom. The van der Waals surface area contributed by atoms with E-state index in [9.17, 15) is 9.18 Å². The average molecular weight is 344 g/mol. The highest BCUT2D eigenvalue weighted by atomic mass is 19.1. The molecule has 0 aliphatic heterocycles. The van der Waals surface area contributed by atoms with Crippen molar-refractivity contribution in [2.45, 2.75) is 26.8 Å². The summed E-state index contributed by atoms with van der Waals surface area (Å²) in [5.41, 5.74) is 1.54. The Morgan fingerprint density at radius 3 is 2.72 bits per heavy atom. The molecule has 2 amide bonds.